The average molecular weight is 242 g/mol. The Labute approximate surface area is 99.6 Å². The molecule has 0 aliphatic carbocycles. The molecule has 1 rings (SSSR count). The van der Waals surface area contributed by atoms with Gasteiger partial charge in [-0.15, -0.1) is 11.3 Å². The summed E-state index contributed by atoms with van der Waals surface area (Å²) in [7, 11) is 1.99. The molecule has 0 bridgehead atoms. The third kappa shape index (κ3) is 3.55. The molecule has 6 heteroatoms. The van der Waals surface area contributed by atoms with Gasteiger partial charge in [0.05, 0.1) is 11.2 Å². The number of carbonyl (C=O) groups excluding carboxylic acids is 1. The van der Waals surface area contributed by atoms with Crippen LogP contribution in [-0.2, 0) is 11.3 Å². The summed E-state index contributed by atoms with van der Waals surface area (Å²) in [5.41, 5.74) is 5.05. The highest BCUT2D eigenvalue weighted by atomic mass is 32.1. The standard InChI is InChI=1S/C10H18N4OS/c1-7(4-10(15)13-11)14(3)5-9-8(2)12-6-16-9/h6-7H,4-5,11H2,1-3H3,(H,13,15). The molecule has 1 aromatic heterocycles. The van der Waals surface area contributed by atoms with Crippen LogP contribution in [0.5, 0.6) is 0 Å². The van der Waals surface area contributed by atoms with Gasteiger partial charge >= 0.3 is 0 Å². The average Bonchev–Trinajstić information content (AvgIpc) is 2.64. The summed E-state index contributed by atoms with van der Waals surface area (Å²) in [6.45, 7) is 4.82. The monoisotopic (exact) mass is 242 g/mol. The summed E-state index contributed by atoms with van der Waals surface area (Å²) >= 11 is 1.64. The van der Waals surface area contributed by atoms with Crippen molar-refractivity contribution < 1.29 is 4.79 Å². The first-order chi connectivity index (χ1) is 7.54. The van der Waals surface area contributed by atoms with Crippen molar-refractivity contribution in [3.05, 3.63) is 16.1 Å². The third-order valence-electron chi connectivity index (χ3n) is 2.63. The highest BCUT2D eigenvalue weighted by Crippen LogP contribution is 2.16. The number of aryl methyl sites for hydroxylation is 1. The Bertz CT molecular complexity index is 352. The first kappa shape index (κ1) is 13.1. The summed E-state index contributed by atoms with van der Waals surface area (Å²) in [5.74, 6) is 4.92. The van der Waals surface area contributed by atoms with Crippen LogP contribution in [0, 0.1) is 6.92 Å². The van der Waals surface area contributed by atoms with E-state index >= 15 is 0 Å². The molecule has 3 N–H and O–H groups in total. The van der Waals surface area contributed by atoms with E-state index in [1.165, 1.54) is 4.88 Å². The Morgan fingerprint density at radius 2 is 2.44 bits per heavy atom. The molecule has 0 radical (unpaired) electrons. The SMILES string of the molecule is Cc1ncsc1CN(C)C(C)CC(=O)NN. The molecule has 1 atom stereocenters. The topological polar surface area (TPSA) is 71.2 Å². The number of carbonyl (C=O) groups is 1. The number of thiazole rings is 1. The van der Waals surface area contributed by atoms with Gasteiger partial charge < -0.3 is 0 Å². The first-order valence-electron chi connectivity index (χ1n) is 5.13. The van der Waals surface area contributed by atoms with E-state index in [0.29, 0.717) is 6.42 Å². The lowest BCUT2D eigenvalue weighted by molar-refractivity contribution is -0.122. The number of nitrogens with two attached hydrogens (primary N) is 1. The van der Waals surface area contributed by atoms with Crippen LogP contribution in [-0.4, -0.2) is 28.9 Å². The Balaban J connectivity index is 2.49. The minimum Gasteiger partial charge on any atom is -0.298 e. The van der Waals surface area contributed by atoms with Gasteiger partial charge in [-0.3, -0.25) is 15.1 Å². The Kier molecular flexibility index (Phi) is 4.85. The number of hydrogen-bond donors (Lipinski definition) is 2. The van der Waals surface area contributed by atoms with Crippen LogP contribution in [0.1, 0.15) is 23.9 Å². The van der Waals surface area contributed by atoms with E-state index in [1.54, 1.807) is 11.3 Å². The number of hydrazine groups is 1. The van der Waals surface area contributed by atoms with Crippen LogP contribution >= 0.6 is 11.3 Å². The molecule has 1 unspecified atom stereocenters. The maximum absolute atomic E-state index is 11.1. The summed E-state index contributed by atoms with van der Waals surface area (Å²) < 4.78 is 0. The molecular formula is C10H18N4OS. The largest absolute Gasteiger partial charge is 0.298 e. The maximum Gasteiger partial charge on any atom is 0.235 e. The van der Waals surface area contributed by atoms with E-state index in [0.717, 1.165) is 12.2 Å². The minimum atomic E-state index is -0.139. The van der Waals surface area contributed by atoms with Crippen molar-refractivity contribution in [2.24, 2.45) is 5.84 Å². The molecule has 0 aliphatic heterocycles. The Morgan fingerprint density at radius 1 is 1.75 bits per heavy atom. The van der Waals surface area contributed by atoms with Gasteiger partial charge in [0.2, 0.25) is 5.91 Å². The molecule has 90 valence electrons. The number of nitrogens with one attached hydrogen (secondary N) is 1. The maximum atomic E-state index is 11.1. The molecular weight excluding hydrogens is 224 g/mol. The number of rotatable bonds is 5. The van der Waals surface area contributed by atoms with Gasteiger partial charge in [-0.25, -0.2) is 10.8 Å². The third-order valence-corrected chi connectivity index (χ3v) is 3.55. The predicted octanol–water partition coefficient (Wildman–Crippen LogP) is 0.652. The van der Waals surface area contributed by atoms with Crippen LogP contribution in [0.3, 0.4) is 0 Å². The zero-order valence-electron chi connectivity index (χ0n) is 9.86. The normalized spacial score (nSPS) is 12.8. The molecule has 1 aromatic rings. The van der Waals surface area contributed by atoms with E-state index in [-0.39, 0.29) is 11.9 Å². The molecule has 0 saturated carbocycles. The second-order valence-electron chi connectivity index (χ2n) is 3.90. The predicted molar refractivity (Wildman–Crippen MR) is 64.7 cm³/mol. The van der Waals surface area contributed by atoms with Crippen molar-refractivity contribution in [2.75, 3.05) is 7.05 Å². The van der Waals surface area contributed by atoms with Crippen molar-refractivity contribution in [1.29, 1.82) is 0 Å². The molecule has 1 amide bonds. The first-order valence-corrected chi connectivity index (χ1v) is 6.01. The molecule has 0 aromatic carbocycles. The summed E-state index contributed by atoms with van der Waals surface area (Å²) in [4.78, 5) is 18.7. The van der Waals surface area contributed by atoms with Gasteiger partial charge in [0.15, 0.2) is 0 Å². The van der Waals surface area contributed by atoms with Crippen molar-refractivity contribution in [2.45, 2.75) is 32.9 Å². The van der Waals surface area contributed by atoms with Gasteiger partial charge in [-0.05, 0) is 20.9 Å². The van der Waals surface area contributed by atoms with E-state index in [9.17, 15) is 4.79 Å². The van der Waals surface area contributed by atoms with Crippen LogP contribution in [0.4, 0.5) is 0 Å². The van der Waals surface area contributed by atoms with E-state index in [2.05, 4.69) is 15.3 Å². The van der Waals surface area contributed by atoms with Gasteiger partial charge in [0.1, 0.15) is 0 Å². The molecule has 0 aliphatic rings. The van der Waals surface area contributed by atoms with Crippen molar-refractivity contribution in [3.63, 3.8) is 0 Å². The van der Waals surface area contributed by atoms with Gasteiger partial charge in [-0.2, -0.15) is 0 Å². The lowest BCUT2D eigenvalue weighted by atomic mass is 10.2. The van der Waals surface area contributed by atoms with Crippen molar-refractivity contribution in [3.8, 4) is 0 Å². The van der Waals surface area contributed by atoms with E-state index in [4.69, 9.17) is 5.84 Å². The minimum absolute atomic E-state index is 0.139. The van der Waals surface area contributed by atoms with Crippen LogP contribution < -0.4 is 11.3 Å². The zero-order valence-corrected chi connectivity index (χ0v) is 10.7. The quantitative estimate of drug-likeness (QED) is 0.452. The lowest BCUT2D eigenvalue weighted by Crippen LogP contribution is -2.37. The summed E-state index contributed by atoms with van der Waals surface area (Å²) in [6, 6.07) is 0.157. The smallest absolute Gasteiger partial charge is 0.235 e. The fourth-order valence-electron chi connectivity index (χ4n) is 1.34. The summed E-state index contributed by atoms with van der Waals surface area (Å²) in [5, 5.41) is 0. The van der Waals surface area contributed by atoms with Gasteiger partial charge in [-0.1, -0.05) is 0 Å². The zero-order chi connectivity index (χ0) is 12.1. The number of amides is 1. The number of aromatic nitrogens is 1. The van der Waals surface area contributed by atoms with Gasteiger partial charge in [0, 0.05) is 23.9 Å². The lowest BCUT2D eigenvalue weighted by Gasteiger charge is -2.23. The molecule has 16 heavy (non-hydrogen) atoms. The molecule has 0 saturated heterocycles. The highest BCUT2D eigenvalue weighted by Gasteiger charge is 2.14. The molecule has 1 heterocycles. The summed E-state index contributed by atoms with van der Waals surface area (Å²) in [6.07, 6.45) is 0.408. The fourth-order valence-corrected chi connectivity index (χ4v) is 2.18. The number of nitrogens with zero attached hydrogens (tertiary/aromatic N) is 2. The molecule has 0 fully saturated rings. The second kappa shape index (κ2) is 5.93. The van der Waals surface area contributed by atoms with Gasteiger partial charge in [0.25, 0.3) is 0 Å². The fraction of sp³-hybridized carbons (Fsp3) is 0.600. The van der Waals surface area contributed by atoms with E-state index in [1.807, 2.05) is 26.4 Å². The molecule has 0 spiro atoms. The Morgan fingerprint density at radius 3 is 2.94 bits per heavy atom. The number of hydrogen-bond acceptors (Lipinski definition) is 5. The van der Waals surface area contributed by atoms with Crippen LogP contribution in [0.25, 0.3) is 0 Å². The van der Waals surface area contributed by atoms with E-state index < -0.39 is 0 Å². The Hall–Kier alpha value is -0.980. The van der Waals surface area contributed by atoms with Crippen LogP contribution in [0.2, 0.25) is 0 Å². The highest BCUT2D eigenvalue weighted by molar-refractivity contribution is 7.09. The second-order valence-corrected chi connectivity index (χ2v) is 4.84. The molecule has 5 nitrogen and oxygen atoms in total. The van der Waals surface area contributed by atoms with Crippen molar-refractivity contribution in [1.82, 2.24) is 15.3 Å². The van der Waals surface area contributed by atoms with Crippen molar-refractivity contribution >= 4 is 17.2 Å². The van der Waals surface area contributed by atoms with Crippen LogP contribution in [0.15, 0.2) is 5.51 Å².